The van der Waals surface area contributed by atoms with Gasteiger partial charge in [0.1, 0.15) is 22.2 Å². The Balaban J connectivity index is 1.47. The van der Waals surface area contributed by atoms with Crippen LogP contribution in [0, 0.1) is 0 Å². The minimum absolute atomic E-state index is 0.197. The zero-order chi connectivity index (χ0) is 26.9. The fourth-order valence-electron chi connectivity index (χ4n) is 5.75. The number of hydrogen-bond donors (Lipinski definition) is 1. The predicted octanol–water partition coefficient (Wildman–Crippen LogP) is 6.97. The molecule has 7 nitrogen and oxygen atoms in total. The minimum atomic E-state index is -0.300. The van der Waals surface area contributed by atoms with Crippen molar-refractivity contribution in [1.29, 1.82) is 0 Å². The highest BCUT2D eigenvalue weighted by Crippen LogP contribution is 2.44. The lowest BCUT2D eigenvalue weighted by molar-refractivity contribution is 0.194. The molecular weight excluding hydrogens is 510 g/mol. The third-order valence-corrected chi connectivity index (χ3v) is 8.93. The quantitative estimate of drug-likeness (QED) is 0.285. The topological polar surface area (TPSA) is 65.0 Å². The SMILES string of the molecule is CCOc1ccc([C@@H]2c3cccn3-c3sc4c(c3CN2C(=O)Nc2cc(OC)ccc2OC)CCCC4)cc1. The van der Waals surface area contributed by atoms with E-state index in [4.69, 9.17) is 14.2 Å². The maximum Gasteiger partial charge on any atom is 0.323 e. The predicted molar refractivity (Wildman–Crippen MR) is 154 cm³/mol. The minimum Gasteiger partial charge on any atom is -0.497 e. The lowest BCUT2D eigenvalue weighted by Crippen LogP contribution is -2.38. The van der Waals surface area contributed by atoms with Crippen LogP contribution < -0.4 is 19.5 Å². The van der Waals surface area contributed by atoms with Crippen LogP contribution in [0.2, 0.25) is 0 Å². The molecule has 1 aliphatic carbocycles. The van der Waals surface area contributed by atoms with Crippen LogP contribution in [-0.2, 0) is 19.4 Å². The first-order valence-electron chi connectivity index (χ1n) is 13.4. The highest BCUT2D eigenvalue weighted by molar-refractivity contribution is 7.15. The third-order valence-electron chi connectivity index (χ3n) is 7.59. The van der Waals surface area contributed by atoms with Crippen molar-refractivity contribution in [2.24, 2.45) is 0 Å². The van der Waals surface area contributed by atoms with Gasteiger partial charge in [-0.15, -0.1) is 11.3 Å². The number of ether oxygens (including phenoxy) is 3. The molecule has 2 aliphatic rings. The standard InChI is InChI=1S/C31H33N3O4S/c1-4-38-21-13-11-20(12-14-21)29-26-9-7-17-33(26)30-24(23-8-5-6-10-28(23)39-30)19-34(29)31(35)32-25-18-22(36-2)15-16-27(25)37-3/h7,9,11-18,29H,4-6,8,10,19H2,1-3H3,(H,32,35)/t29-/m1/s1. The van der Waals surface area contributed by atoms with E-state index in [1.54, 1.807) is 26.4 Å². The smallest absolute Gasteiger partial charge is 0.323 e. The van der Waals surface area contributed by atoms with Gasteiger partial charge in [-0.25, -0.2) is 4.79 Å². The molecule has 1 aliphatic heterocycles. The van der Waals surface area contributed by atoms with Crippen LogP contribution in [0.5, 0.6) is 17.2 Å². The average molecular weight is 544 g/mol. The van der Waals surface area contributed by atoms with Crippen molar-refractivity contribution in [1.82, 2.24) is 9.47 Å². The number of thiophene rings is 1. The monoisotopic (exact) mass is 543 g/mol. The highest BCUT2D eigenvalue weighted by Gasteiger charge is 2.36. The zero-order valence-corrected chi connectivity index (χ0v) is 23.3. The molecule has 2 aromatic heterocycles. The number of methoxy groups -OCH3 is 2. The summed E-state index contributed by atoms with van der Waals surface area (Å²) in [5.74, 6) is 2.04. The molecule has 0 saturated heterocycles. The van der Waals surface area contributed by atoms with Crippen molar-refractivity contribution in [3.8, 4) is 22.2 Å². The summed E-state index contributed by atoms with van der Waals surface area (Å²) in [4.78, 5) is 17.7. The fourth-order valence-corrected chi connectivity index (χ4v) is 7.15. The number of rotatable bonds is 6. The summed E-state index contributed by atoms with van der Waals surface area (Å²) in [5, 5.41) is 4.37. The number of benzene rings is 2. The van der Waals surface area contributed by atoms with Crippen molar-refractivity contribution >= 4 is 23.1 Å². The van der Waals surface area contributed by atoms with Gasteiger partial charge in [-0.05, 0) is 80.1 Å². The van der Waals surface area contributed by atoms with Crippen LogP contribution in [0.25, 0.3) is 5.00 Å². The van der Waals surface area contributed by atoms with E-state index in [1.807, 2.05) is 41.4 Å². The molecule has 8 heteroatoms. The number of aromatic nitrogens is 1. The van der Waals surface area contributed by atoms with E-state index in [0.29, 0.717) is 30.3 Å². The summed E-state index contributed by atoms with van der Waals surface area (Å²) >= 11 is 1.88. The van der Waals surface area contributed by atoms with Crippen LogP contribution in [-0.4, -0.2) is 36.3 Å². The first-order chi connectivity index (χ1) is 19.1. The summed E-state index contributed by atoms with van der Waals surface area (Å²) in [7, 11) is 3.21. The molecular formula is C31H33N3O4S. The molecule has 6 rings (SSSR count). The van der Waals surface area contributed by atoms with Crippen molar-refractivity contribution < 1.29 is 19.0 Å². The molecule has 39 heavy (non-hydrogen) atoms. The second-order valence-corrected chi connectivity index (χ2v) is 10.9. The normalized spacial score (nSPS) is 16.0. The molecule has 0 unspecified atom stereocenters. The summed E-state index contributed by atoms with van der Waals surface area (Å²) in [6.45, 7) is 3.09. The summed E-state index contributed by atoms with van der Waals surface area (Å²) in [5.41, 5.74) is 5.33. The number of carbonyl (C=O) groups excluding carboxylic acids is 1. The molecule has 2 amide bonds. The van der Waals surface area contributed by atoms with Crippen molar-refractivity contribution in [2.45, 2.75) is 45.2 Å². The molecule has 0 fully saturated rings. The van der Waals surface area contributed by atoms with E-state index < -0.39 is 0 Å². The molecule has 0 bridgehead atoms. The number of aryl methyl sites for hydroxylation is 1. The highest BCUT2D eigenvalue weighted by atomic mass is 32.1. The Labute approximate surface area is 232 Å². The van der Waals surface area contributed by atoms with Crippen LogP contribution in [0.4, 0.5) is 10.5 Å². The fraction of sp³-hybridized carbons (Fsp3) is 0.323. The number of urea groups is 1. The lowest BCUT2D eigenvalue weighted by atomic mass is 9.95. The summed E-state index contributed by atoms with van der Waals surface area (Å²) in [6.07, 6.45) is 6.71. The molecule has 1 N–H and O–H groups in total. The summed E-state index contributed by atoms with van der Waals surface area (Å²) < 4.78 is 19.0. The first kappa shape index (κ1) is 25.4. The van der Waals surface area contributed by atoms with Gasteiger partial charge in [0.2, 0.25) is 0 Å². The van der Waals surface area contributed by atoms with Gasteiger partial charge in [0.05, 0.1) is 44.8 Å². The Morgan fingerprint density at radius 1 is 1.00 bits per heavy atom. The van der Waals surface area contributed by atoms with E-state index in [0.717, 1.165) is 29.8 Å². The van der Waals surface area contributed by atoms with Gasteiger partial charge in [0, 0.05) is 22.7 Å². The Bertz CT molecular complexity index is 1490. The maximum atomic E-state index is 14.3. The second-order valence-electron chi connectivity index (χ2n) is 9.83. The van der Waals surface area contributed by atoms with Gasteiger partial charge in [0.25, 0.3) is 0 Å². The van der Waals surface area contributed by atoms with Crippen molar-refractivity contribution in [2.75, 3.05) is 26.1 Å². The van der Waals surface area contributed by atoms with Crippen LogP contribution in [0.1, 0.15) is 53.1 Å². The van der Waals surface area contributed by atoms with E-state index in [-0.39, 0.29) is 12.1 Å². The largest absolute Gasteiger partial charge is 0.497 e. The number of nitrogens with one attached hydrogen (secondary N) is 1. The number of nitrogens with zero attached hydrogens (tertiary/aromatic N) is 2. The third kappa shape index (κ3) is 4.63. The van der Waals surface area contributed by atoms with Crippen molar-refractivity contribution in [3.05, 3.63) is 88.1 Å². The second kappa shape index (κ2) is 10.7. The molecule has 0 saturated carbocycles. The van der Waals surface area contributed by atoms with E-state index in [9.17, 15) is 4.79 Å². The van der Waals surface area contributed by atoms with Gasteiger partial charge in [-0.1, -0.05) is 12.1 Å². The Morgan fingerprint density at radius 3 is 2.56 bits per heavy atom. The maximum absolute atomic E-state index is 14.3. The lowest BCUT2D eigenvalue weighted by Gasteiger charge is -2.31. The number of fused-ring (bicyclic) bond motifs is 5. The zero-order valence-electron chi connectivity index (χ0n) is 22.5. The molecule has 1 atom stereocenters. The van der Waals surface area contributed by atoms with E-state index >= 15 is 0 Å². The Kier molecular flexibility index (Phi) is 6.95. The average Bonchev–Trinajstić information content (AvgIpc) is 3.55. The van der Waals surface area contributed by atoms with Crippen molar-refractivity contribution in [3.63, 3.8) is 0 Å². The van der Waals surface area contributed by atoms with E-state index in [1.165, 1.54) is 33.8 Å². The number of carbonyl (C=O) groups is 1. The van der Waals surface area contributed by atoms with Gasteiger partial charge in [0.15, 0.2) is 0 Å². The molecule has 3 heterocycles. The summed E-state index contributed by atoms with van der Waals surface area (Å²) in [6, 6.07) is 17.2. The van der Waals surface area contributed by atoms with Gasteiger partial charge in [-0.2, -0.15) is 0 Å². The molecule has 2 aromatic carbocycles. The van der Waals surface area contributed by atoms with Gasteiger partial charge >= 0.3 is 6.03 Å². The molecule has 0 spiro atoms. The van der Waals surface area contributed by atoms with Gasteiger partial charge < -0.3 is 29.0 Å². The number of amides is 2. The molecule has 202 valence electrons. The van der Waals surface area contributed by atoms with Crippen LogP contribution >= 0.6 is 11.3 Å². The molecule has 4 aromatic rings. The van der Waals surface area contributed by atoms with Crippen LogP contribution in [0.15, 0.2) is 60.8 Å². The van der Waals surface area contributed by atoms with E-state index in [2.05, 4.69) is 40.3 Å². The number of hydrogen-bond acceptors (Lipinski definition) is 5. The van der Waals surface area contributed by atoms with Gasteiger partial charge in [-0.3, -0.25) is 0 Å². The molecule has 0 radical (unpaired) electrons. The van der Waals surface area contributed by atoms with Crippen LogP contribution in [0.3, 0.4) is 0 Å². The Hall–Kier alpha value is -3.91. The first-order valence-corrected chi connectivity index (χ1v) is 14.3. The Morgan fingerprint density at radius 2 is 1.79 bits per heavy atom. The number of anilines is 1.